The molecular weight excluding hydrogens is 255 g/mol. The Bertz CT molecular complexity index is 643. The second-order valence-electron chi connectivity index (χ2n) is 5.23. The molecule has 3 nitrogen and oxygen atoms in total. The summed E-state index contributed by atoms with van der Waals surface area (Å²) in [5, 5.41) is 0. The molecule has 0 radical (unpaired) electrons. The van der Waals surface area contributed by atoms with E-state index in [4.69, 9.17) is 5.73 Å². The highest BCUT2D eigenvalue weighted by Gasteiger charge is 2.32. The van der Waals surface area contributed by atoms with Gasteiger partial charge >= 0.3 is 6.18 Å². The quantitative estimate of drug-likeness (QED) is 0.798. The van der Waals surface area contributed by atoms with Gasteiger partial charge in [-0.25, -0.2) is 4.98 Å². The van der Waals surface area contributed by atoms with Crippen LogP contribution in [0.3, 0.4) is 0 Å². The van der Waals surface area contributed by atoms with Crippen LogP contribution in [-0.2, 0) is 19.0 Å². The van der Waals surface area contributed by atoms with E-state index < -0.39 is 11.7 Å². The number of nitrogen functional groups attached to an aromatic ring is 1. The molecule has 102 valence electrons. The van der Waals surface area contributed by atoms with Crippen LogP contribution < -0.4 is 5.73 Å². The van der Waals surface area contributed by atoms with E-state index in [1.165, 1.54) is 4.40 Å². The lowest BCUT2D eigenvalue weighted by Crippen LogP contribution is -2.13. The standard InChI is InChI=1S/C13H14F3N3/c1-7-2-3-10-11(4-7)19-6-8(13(14,15)16)5-9(17)12(19)18-10/h5-7H,2-4,17H2,1H3. The number of hydrogen-bond donors (Lipinski definition) is 1. The zero-order valence-corrected chi connectivity index (χ0v) is 10.5. The molecule has 6 heteroatoms. The van der Waals surface area contributed by atoms with Crippen LogP contribution >= 0.6 is 0 Å². The smallest absolute Gasteiger partial charge is 0.396 e. The van der Waals surface area contributed by atoms with Gasteiger partial charge in [-0.1, -0.05) is 6.92 Å². The molecule has 2 heterocycles. The maximum absolute atomic E-state index is 12.8. The molecule has 0 amide bonds. The fourth-order valence-electron chi connectivity index (χ4n) is 2.65. The van der Waals surface area contributed by atoms with E-state index in [2.05, 4.69) is 11.9 Å². The second-order valence-corrected chi connectivity index (χ2v) is 5.23. The molecule has 2 N–H and O–H groups in total. The molecule has 19 heavy (non-hydrogen) atoms. The fourth-order valence-corrected chi connectivity index (χ4v) is 2.65. The lowest BCUT2D eigenvalue weighted by molar-refractivity contribution is -0.137. The lowest BCUT2D eigenvalue weighted by Gasteiger charge is -2.18. The number of alkyl halides is 3. The summed E-state index contributed by atoms with van der Waals surface area (Å²) in [7, 11) is 0. The van der Waals surface area contributed by atoms with E-state index in [1.807, 2.05) is 0 Å². The van der Waals surface area contributed by atoms with Gasteiger partial charge in [-0.05, 0) is 31.2 Å². The highest BCUT2D eigenvalue weighted by atomic mass is 19.4. The lowest BCUT2D eigenvalue weighted by atomic mass is 9.91. The van der Waals surface area contributed by atoms with Crippen LogP contribution in [-0.4, -0.2) is 9.38 Å². The molecule has 0 aliphatic heterocycles. The minimum absolute atomic E-state index is 0.0804. The van der Waals surface area contributed by atoms with Gasteiger partial charge in [0.05, 0.1) is 16.9 Å². The van der Waals surface area contributed by atoms with Crippen molar-refractivity contribution in [3.8, 4) is 0 Å². The Balaban J connectivity index is 2.25. The van der Waals surface area contributed by atoms with Crippen LogP contribution in [0.15, 0.2) is 12.3 Å². The zero-order valence-electron chi connectivity index (χ0n) is 10.5. The Labute approximate surface area is 108 Å². The van der Waals surface area contributed by atoms with Crippen molar-refractivity contribution in [1.29, 1.82) is 0 Å². The summed E-state index contributed by atoms with van der Waals surface area (Å²) in [6.07, 6.45) is -0.714. The predicted octanol–water partition coefficient (Wildman–Crippen LogP) is 3.06. The van der Waals surface area contributed by atoms with E-state index in [0.717, 1.165) is 42.9 Å². The number of imidazole rings is 1. The van der Waals surface area contributed by atoms with Crippen molar-refractivity contribution in [3.05, 3.63) is 29.2 Å². The van der Waals surface area contributed by atoms with Crippen molar-refractivity contribution in [2.24, 2.45) is 5.92 Å². The molecule has 0 saturated carbocycles. The number of anilines is 1. The number of nitrogens with two attached hydrogens (primary N) is 1. The summed E-state index contributed by atoms with van der Waals surface area (Å²) >= 11 is 0. The molecule has 0 bridgehead atoms. The van der Waals surface area contributed by atoms with E-state index >= 15 is 0 Å². The third-order valence-electron chi connectivity index (χ3n) is 3.67. The average Bonchev–Trinajstić information content (AvgIpc) is 2.67. The first-order valence-electron chi connectivity index (χ1n) is 6.23. The van der Waals surface area contributed by atoms with E-state index in [9.17, 15) is 13.2 Å². The van der Waals surface area contributed by atoms with Gasteiger partial charge in [0.15, 0.2) is 5.65 Å². The summed E-state index contributed by atoms with van der Waals surface area (Å²) in [6, 6.07) is 0.956. The second kappa shape index (κ2) is 3.88. The highest BCUT2D eigenvalue weighted by Crippen LogP contribution is 2.34. The largest absolute Gasteiger partial charge is 0.417 e. The zero-order chi connectivity index (χ0) is 13.8. The van der Waals surface area contributed by atoms with Crippen LogP contribution in [0.25, 0.3) is 5.65 Å². The van der Waals surface area contributed by atoms with Crippen molar-refractivity contribution in [1.82, 2.24) is 9.38 Å². The maximum atomic E-state index is 12.8. The molecule has 1 unspecified atom stereocenters. The first kappa shape index (κ1) is 12.3. The highest BCUT2D eigenvalue weighted by molar-refractivity contribution is 5.67. The fraction of sp³-hybridized carbons (Fsp3) is 0.462. The molecule has 2 aromatic rings. The number of nitrogens with zero attached hydrogens (tertiary/aromatic N) is 2. The van der Waals surface area contributed by atoms with Crippen LogP contribution in [0.1, 0.15) is 30.3 Å². The van der Waals surface area contributed by atoms with Gasteiger partial charge in [0.1, 0.15) is 0 Å². The van der Waals surface area contributed by atoms with Gasteiger partial charge in [-0.2, -0.15) is 13.2 Å². The normalized spacial score (nSPS) is 19.7. The maximum Gasteiger partial charge on any atom is 0.417 e. The van der Waals surface area contributed by atoms with Gasteiger partial charge in [0, 0.05) is 11.9 Å². The third kappa shape index (κ3) is 1.95. The number of rotatable bonds is 0. The predicted molar refractivity (Wildman–Crippen MR) is 65.8 cm³/mol. The monoisotopic (exact) mass is 269 g/mol. The Hall–Kier alpha value is -1.72. The minimum Gasteiger partial charge on any atom is -0.396 e. The van der Waals surface area contributed by atoms with Crippen LogP contribution in [0.2, 0.25) is 0 Å². The van der Waals surface area contributed by atoms with E-state index in [0.29, 0.717) is 11.6 Å². The first-order valence-corrected chi connectivity index (χ1v) is 6.23. The van der Waals surface area contributed by atoms with E-state index in [1.54, 1.807) is 0 Å². The number of aryl methyl sites for hydroxylation is 1. The number of aromatic nitrogens is 2. The SMILES string of the molecule is CC1CCc2nc3c(N)cc(C(F)(F)F)cn3c2C1. The third-order valence-corrected chi connectivity index (χ3v) is 3.67. The summed E-state index contributed by atoms with van der Waals surface area (Å²) < 4.78 is 40.0. The van der Waals surface area contributed by atoms with Crippen molar-refractivity contribution in [2.75, 3.05) is 5.73 Å². The number of fused-ring (bicyclic) bond motifs is 3. The molecule has 0 fully saturated rings. The van der Waals surface area contributed by atoms with Crippen LogP contribution in [0.5, 0.6) is 0 Å². The van der Waals surface area contributed by atoms with Gasteiger partial charge < -0.3 is 10.1 Å². The number of halogens is 3. The Kier molecular flexibility index (Phi) is 2.52. The minimum atomic E-state index is -4.39. The first-order chi connectivity index (χ1) is 8.86. The summed E-state index contributed by atoms with van der Waals surface area (Å²) in [5.74, 6) is 0.461. The topological polar surface area (TPSA) is 43.3 Å². The van der Waals surface area contributed by atoms with Gasteiger partial charge in [-0.15, -0.1) is 0 Å². The van der Waals surface area contributed by atoms with Gasteiger partial charge in [-0.3, -0.25) is 0 Å². The molecule has 0 saturated heterocycles. The molecule has 1 atom stereocenters. The van der Waals surface area contributed by atoms with Crippen LogP contribution in [0, 0.1) is 5.92 Å². The number of hydrogen-bond acceptors (Lipinski definition) is 2. The average molecular weight is 269 g/mol. The van der Waals surface area contributed by atoms with Gasteiger partial charge in [0.25, 0.3) is 0 Å². The Morgan fingerprint density at radius 3 is 2.84 bits per heavy atom. The van der Waals surface area contributed by atoms with Gasteiger partial charge in [0.2, 0.25) is 0 Å². The summed E-state index contributed by atoms with van der Waals surface area (Å²) in [6.45, 7) is 2.10. The number of pyridine rings is 1. The van der Waals surface area contributed by atoms with E-state index in [-0.39, 0.29) is 5.69 Å². The summed E-state index contributed by atoms with van der Waals surface area (Å²) in [5.41, 5.74) is 7.25. The van der Waals surface area contributed by atoms with Crippen molar-refractivity contribution in [3.63, 3.8) is 0 Å². The Morgan fingerprint density at radius 2 is 2.16 bits per heavy atom. The molecule has 0 aromatic carbocycles. The molecule has 1 aliphatic rings. The van der Waals surface area contributed by atoms with Crippen LogP contribution in [0.4, 0.5) is 18.9 Å². The molecule has 2 aromatic heterocycles. The van der Waals surface area contributed by atoms with Crippen molar-refractivity contribution >= 4 is 11.3 Å². The summed E-state index contributed by atoms with van der Waals surface area (Å²) in [4.78, 5) is 4.38. The molecule has 1 aliphatic carbocycles. The Morgan fingerprint density at radius 1 is 1.42 bits per heavy atom. The van der Waals surface area contributed by atoms with Crippen molar-refractivity contribution < 1.29 is 13.2 Å². The molecule has 0 spiro atoms. The molecular formula is C13H14F3N3. The molecule has 3 rings (SSSR count). The van der Waals surface area contributed by atoms with Crippen molar-refractivity contribution in [2.45, 2.75) is 32.4 Å².